The fraction of sp³-hybridized carbons (Fsp3) is 0.941. The Hall–Kier alpha value is -0.570. The van der Waals surface area contributed by atoms with Crippen LogP contribution >= 0.6 is 0 Å². The van der Waals surface area contributed by atoms with Crippen molar-refractivity contribution in [3.8, 4) is 0 Å². The van der Waals surface area contributed by atoms with Crippen molar-refractivity contribution < 1.29 is 4.79 Å². The van der Waals surface area contributed by atoms with Crippen molar-refractivity contribution in [1.82, 2.24) is 10.2 Å². The first-order chi connectivity index (χ1) is 9.72. The van der Waals surface area contributed by atoms with E-state index in [9.17, 15) is 4.79 Å². The lowest BCUT2D eigenvalue weighted by molar-refractivity contribution is -0.143. The van der Waals surface area contributed by atoms with E-state index in [0.29, 0.717) is 11.8 Å². The van der Waals surface area contributed by atoms with Gasteiger partial charge in [0.15, 0.2) is 0 Å². The molecule has 2 rings (SSSR count). The molecular weight excluding hydrogens is 248 g/mol. The molecule has 0 radical (unpaired) electrons. The van der Waals surface area contributed by atoms with Crippen molar-refractivity contribution in [2.75, 3.05) is 26.2 Å². The minimum Gasteiger partial charge on any atom is -0.342 e. The third-order valence-electron chi connectivity index (χ3n) is 5.35. The number of piperidine rings is 1. The standard InChI is InChI=1S/C17H32N2O/c1-3-12-19(14-15-8-7-11-18-13-15)16(20)17(4-2)9-5-6-10-17/h15,18H,3-14H2,1-2H3. The molecule has 2 aliphatic rings. The van der Waals surface area contributed by atoms with Crippen molar-refractivity contribution in [2.45, 2.75) is 65.2 Å². The van der Waals surface area contributed by atoms with Gasteiger partial charge in [0.25, 0.3) is 0 Å². The van der Waals surface area contributed by atoms with Gasteiger partial charge in [-0.25, -0.2) is 0 Å². The molecule has 0 aromatic carbocycles. The van der Waals surface area contributed by atoms with E-state index in [0.717, 1.165) is 51.9 Å². The number of carbonyl (C=O) groups is 1. The van der Waals surface area contributed by atoms with E-state index in [2.05, 4.69) is 24.1 Å². The van der Waals surface area contributed by atoms with Gasteiger partial charge < -0.3 is 10.2 Å². The summed E-state index contributed by atoms with van der Waals surface area (Å²) in [7, 11) is 0. The maximum Gasteiger partial charge on any atom is 0.228 e. The molecule has 1 aliphatic heterocycles. The zero-order valence-electron chi connectivity index (χ0n) is 13.4. The second kappa shape index (κ2) is 7.44. The van der Waals surface area contributed by atoms with Crippen molar-refractivity contribution in [1.29, 1.82) is 0 Å². The normalized spacial score (nSPS) is 25.6. The molecule has 0 aromatic heterocycles. The number of nitrogens with one attached hydrogen (secondary N) is 1. The lowest BCUT2D eigenvalue weighted by Gasteiger charge is -2.36. The van der Waals surface area contributed by atoms with Gasteiger partial charge in [-0.05, 0) is 57.5 Å². The number of rotatable bonds is 6. The summed E-state index contributed by atoms with van der Waals surface area (Å²) in [6, 6.07) is 0. The Morgan fingerprint density at radius 1 is 1.25 bits per heavy atom. The van der Waals surface area contributed by atoms with Crippen LogP contribution < -0.4 is 5.32 Å². The van der Waals surface area contributed by atoms with Crippen LogP contribution in [-0.2, 0) is 4.79 Å². The summed E-state index contributed by atoms with van der Waals surface area (Å²) in [4.78, 5) is 15.3. The Morgan fingerprint density at radius 3 is 2.55 bits per heavy atom. The third kappa shape index (κ3) is 3.55. The maximum atomic E-state index is 13.1. The van der Waals surface area contributed by atoms with Crippen molar-refractivity contribution in [3.05, 3.63) is 0 Å². The van der Waals surface area contributed by atoms with E-state index in [4.69, 9.17) is 0 Å². The Labute approximate surface area is 124 Å². The van der Waals surface area contributed by atoms with E-state index in [1.165, 1.54) is 25.7 Å². The first-order valence-corrected chi connectivity index (χ1v) is 8.72. The van der Waals surface area contributed by atoms with Gasteiger partial charge in [-0.15, -0.1) is 0 Å². The van der Waals surface area contributed by atoms with E-state index in [-0.39, 0.29) is 5.41 Å². The number of nitrogens with zero attached hydrogens (tertiary/aromatic N) is 1. The molecule has 2 fully saturated rings. The predicted octanol–water partition coefficient (Wildman–Crippen LogP) is 3.20. The second-order valence-corrected chi connectivity index (χ2v) is 6.80. The largest absolute Gasteiger partial charge is 0.342 e. The topological polar surface area (TPSA) is 32.3 Å². The molecule has 1 aliphatic carbocycles. The molecular formula is C17H32N2O. The van der Waals surface area contributed by atoms with Crippen molar-refractivity contribution >= 4 is 5.91 Å². The monoisotopic (exact) mass is 280 g/mol. The summed E-state index contributed by atoms with van der Waals surface area (Å²) < 4.78 is 0. The maximum absolute atomic E-state index is 13.1. The van der Waals surface area contributed by atoms with Gasteiger partial charge in [0.2, 0.25) is 5.91 Å². The van der Waals surface area contributed by atoms with Crippen LogP contribution in [0.25, 0.3) is 0 Å². The molecule has 1 atom stereocenters. The van der Waals surface area contributed by atoms with Gasteiger partial charge in [-0.3, -0.25) is 4.79 Å². The van der Waals surface area contributed by atoms with Gasteiger partial charge in [0, 0.05) is 18.5 Å². The molecule has 20 heavy (non-hydrogen) atoms. The summed E-state index contributed by atoms with van der Waals surface area (Å²) in [5.41, 5.74) is -0.0166. The SMILES string of the molecule is CCCN(CC1CCCNC1)C(=O)C1(CC)CCCC1. The minimum absolute atomic E-state index is 0.0166. The quantitative estimate of drug-likeness (QED) is 0.810. The van der Waals surface area contributed by atoms with Gasteiger partial charge in [0.1, 0.15) is 0 Å². The Morgan fingerprint density at radius 2 is 2.00 bits per heavy atom. The first kappa shape index (κ1) is 15.8. The molecule has 1 heterocycles. The number of hydrogen-bond donors (Lipinski definition) is 1. The zero-order valence-corrected chi connectivity index (χ0v) is 13.4. The first-order valence-electron chi connectivity index (χ1n) is 8.72. The fourth-order valence-corrected chi connectivity index (χ4v) is 4.04. The van der Waals surface area contributed by atoms with Crippen LogP contribution in [0.15, 0.2) is 0 Å². The van der Waals surface area contributed by atoms with Gasteiger partial charge >= 0.3 is 0 Å². The van der Waals surface area contributed by atoms with Gasteiger partial charge in [-0.1, -0.05) is 26.7 Å². The molecule has 1 N–H and O–H groups in total. The predicted molar refractivity (Wildman–Crippen MR) is 83.7 cm³/mol. The molecule has 1 saturated heterocycles. The van der Waals surface area contributed by atoms with E-state index < -0.39 is 0 Å². The lowest BCUT2D eigenvalue weighted by atomic mass is 9.81. The van der Waals surface area contributed by atoms with Gasteiger partial charge in [0.05, 0.1) is 0 Å². The highest BCUT2D eigenvalue weighted by atomic mass is 16.2. The van der Waals surface area contributed by atoms with E-state index >= 15 is 0 Å². The van der Waals surface area contributed by atoms with Crippen LogP contribution in [-0.4, -0.2) is 37.0 Å². The number of hydrogen-bond acceptors (Lipinski definition) is 2. The summed E-state index contributed by atoms with van der Waals surface area (Å²) in [6.45, 7) is 8.55. The average Bonchev–Trinajstić information content (AvgIpc) is 2.97. The van der Waals surface area contributed by atoms with Crippen LogP contribution in [0, 0.1) is 11.3 Å². The van der Waals surface area contributed by atoms with E-state index in [1.807, 2.05) is 0 Å². The summed E-state index contributed by atoms with van der Waals surface area (Å²) >= 11 is 0. The molecule has 1 amide bonds. The lowest BCUT2D eigenvalue weighted by Crippen LogP contribution is -2.47. The molecule has 0 bridgehead atoms. The summed E-state index contributed by atoms with van der Waals surface area (Å²) in [5.74, 6) is 1.12. The molecule has 0 aromatic rings. The summed E-state index contributed by atoms with van der Waals surface area (Å²) in [5, 5.41) is 3.48. The zero-order chi connectivity index (χ0) is 14.4. The molecule has 3 heteroatoms. The molecule has 0 spiro atoms. The van der Waals surface area contributed by atoms with Crippen molar-refractivity contribution in [2.24, 2.45) is 11.3 Å². The number of carbonyl (C=O) groups excluding carboxylic acids is 1. The molecule has 3 nitrogen and oxygen atoms in total. The smallest absolute Gasteiger partial charge is 0.228 e. The number of amides is 1. The van der Waals surface area contributed by atoms with E-state index in [1.54, 1.807) is 0 Å². The van der Waals surface area contributed by atoms with Crippen LogP contribution in [0.2, 0.25) is 0 Å². The Bertz CT molecular complexity index is 304. The molecule has 1 saturated carbocycles. The van der Waals surface area contributed by atoms with Gasteiger partial charge in [-0.2, -0.15) is 0 Å². The van der Waals surface area contributed by atoms with Crippen LogP contribution in [0.5, 0.6) is 0 Å². The minimum atomic E-state index is -0.0166. The molecule has 116 valence electrons. The van der Waals surface area contributed by atoms with Crippen molar-refractivity contribution in [3.63, 3.8) is 0 Å². The highest BCUT2D eigenvalue weighted by molar-refractivity contribution is 5.83. The second-order valence-electron chi connectivity index (χ2n) is 6.80. The van der Waals surface area contributed by atoms with Crippen LogP contribution in [0.1, 0.15) is 65.2 Å². The highest BCUT2D eigenvalue weighted by Gasteiger charge is 2.41. The van der Waals surface area contributed by atoms with Crippen LogP contribution in [0.3, 0.4) is 0 Å². The third-order valence-corrected chi connectivity index (χ3v) is 5.35. The Balaban J connectivity index is 2.00. The Kier molecular flexibility index (Phi) is 5.88. The molecule has 1 unspecified atom stereocenters. The fourth-order valence-electron chi connectivity index (χ4n) is 4.04. The highest BCUT2D eigenvalue weighted by Crippen LogP contribution is 2.42. The summed E-state index contributed by atoms with van der Waals surface area (Å²) in [6.07, 6.45) is 9.35. The van der Waals surface area contributed by atoms with Crippen LogP contribution in [0.4, 0.5) is 0 Å². The average molecular weight is 280 g/mol.